The predicted octanol–water partition coefficient (Wildman–Crippen LogP) is 3.96. The zero-order valence-corrected chi connectivity index (χ0v) is 13.7. The van der Waals surface area contributed by atoms with Crippen LogP contribution < -0.4 is 5.73 Å². The van der Waals surface area contributed by atoms with Crippen LogP contribution in [0, 0.1) is 5.92 Å². The minimum Gasteiger partial charge on any atom is -0.326 e. The van der Waals surface area contributed by atoms with Crippen molar-refractivity contribution in [1.29, 1.82) is 0 Å². The van der Waals surface area contributed by atoms with Crippen molar-refractivity contribution in [1.82, 2.24) is 4.90 Å². The molecule has 0 amide bonds. The minimum absolute atomic E-state index is 0.141. The van der Waals surface area contributed by atoms with Crippen LogP contribution in [0.2, 0.25) is 0 Å². The van der Waals surface area contributed by atoms with Gasteiger partial charge in [0.15, 0.2) is 0 Å². The Morgan fingerprint density at radius 1 is 1.32 bits per heavy atom. The van der Waals surface area contributed by atoms with E-state index in [1.165, 1.54) is 18.4 Å². The molecule has 1 aromatic rings. The molecule has 0 saturated carbocycles. The van der Waals surface area contributed by atoms with Crippen molar-refractivity contribution in [2.24, 2.45) is 11.7 Å². The second-order valence-corrected chi connectivity index (χ2v) is 7.00. The van der Waals surface area contributed by atoms with Gasteiger partial charge in [-0.25, -0.2) is 0 Å². The molecule has 1 saturated heterocycles. The SMILES string of the molecule is CC1CCC(C)N(C(c2cccc(Br)c2)C(C)N)C1. The monoisotopic (exact) mass is 324 g/mol. The van der Waals surface area contributed by atoms with E-state index in [4.69, 9.17) is 5.73 Å². The lowest BCUT2D eigenvalue weighted by Gasteiger charge is -2.44. The molecule has 19 heavy (non-hydrogen) atoms. The highest BCUT2D eigenvalue weighted by Gasteiger charge is 2.31. The zero-order valence-electron chi connectivity index (χ0n) is 12.1. The van der Waals surface area contributed by atoms with E-state index >= 15 is 0 Å². The Labute approximate surface area is 125 Å². The van der Waals surface area contributed by atoms with Crippen LogP contribution in [0.1, 0.15) is 45.2 Å². The van der Waals surface area contributed by atoms with Crippen LogP contribution in [0.5, 0.6) is 0 Å². The van der Waals surface area contributed by atoms with Crippen molar-refractivity contribution in [2.45, 2.75) is 51.7 Å². The van der Waals surface area contributed by atoms with Crippen molar-refractivity contribution in [3.05, 3.63) is 34.3 Å². The number of nitrogens with zero attached hydrogens (tertiary/aromatic N) is 1. The zero-order chi connectivity index (χ0) is 14.0. The average Bonchev–Trinajstić information content (AvgIpc) is 2.33. The summed E-state index contributed by atoms with van der Waals surface area (Å²) in [5.74, 6) is 0.768. The fourth-order valence-electron chi connectivity index (χ4n) is 3.20. The van der Waals surface area contributed by atoms with Gasteiger partial charge in [-0.05, 0) is 50.3 Å². The Balaban J connectivity index is 2.29. The van der Waals surface area contributed by atoms with E-state index in [0.29, 0.717) is 12.1 Å². The maximum atomic E-state index is 6.30. The molecule has 0 aromatic heterocycles. The third-order valence-electron chi connectivity index (χ3n) is 4.21. The molecule has 1 aliphatic rings. The highest BCUT2D eigenvalue weighted by molar-refractivity contribution is 9.10. The number of piperidine rings is 1. The van der Waals surface area contributed by atoms with Crippen LogP contribution in [-0.2, 0) is 0 Å². The number of benzene rings is 1. The van der Waals surface area contributed by atoms with Gasteiger partial charge in [0.05, 0.1) is 0 Å². The third-order valence-corrected chi connectivity index (χ3v) is 4.70. The summed E-state index contributed by atoms with van der Waals surface area (Å²) >= 11 is 3.57. The van der Waals surface area contributed by atoms with Crippen molar-refractivity contribution < 1.29 is 0 Å². The summed E-state index contributed by atoms with van der Waals surface area (Å²) in [7, 11) is 0. The summed E-state index contributed by atoms with van der Waals surface area (Å²) in [6.45, 7) is 7.95. The van der Waals surface area contributed by atoms with Crippen molar-refractivity contribution in [3.63, 3.8) is 0 Å². The third kappa shape index (κ3) is 3.59. The molecule has 0 aliphatic carbocycles. The normalized spacial score (nSPS) is 28.1. The molecule has 4 atom stereocenters. The number of halogens is 1. The first kappa shape index (κ1) is 15.0. The summed E-state index contributed by atoms with van der Waals surface area (Å²) in [5.41, 5.74) is 7.62. The van der Waals surface area contributed by atoms with Crippen LogP contribution in [0.25, 0.3) is 0 Å². The van der Waals surface area contributed by atoms with Crippen molar-refractivity contribution >= 4 is 15.9 Å². The minimum atomic E-state index is 0.141. The number of nitrogens with two attached hydrogens (primary N) is 1. The summed E-state index contributed by atoms with van der Waals surface area (Å²) in [6, 6.07) is 9.66. The Kier molecular flexibility index (Phi) is 5.04. The average molecular weight is 325 g/mol. The topological polar surface area (TPSA) is 29.3 Å². The molecule has 2 rings (SSSR count). The van der Waals surface area contributed by atoms with E-state index < -0.39 is 0 Å². The molecule has 2 N–H and O–H groups in total. The standard InChI is InChI=1S/C16H25BrN2/c1-11-7-8-12(2)19(10-11)16(13(3)18)14-5-4-6-15(17)9-14/h4-6,9,11-13,16H,7-8,10,18H2,1-3H3. The summed E-state index contributed by atoms with van der Waals surface area (Å²) in [4.78, 5) is 2.60. The number of likely N-dealkylation sites (tertiary alicyclic amines) is 1. The van der Waals surface area contributed by atoms with Crippen LogP contribution in [0.15, 0.2) is 28.7 Å². The van der Waals surface area contributed by atoms with E-state index in [1.54, 1.807) is 0 Å². The van der Waals surface area contributed by atoms with Gasteiger partial charge in [0.1, 0.15) is 0 Å². The number of hydrogen-bond donors (Lipinski definition) is 1. The van der Waals surface area contributed by atoms with Gasteiger partial charge in [-0.2, -0.15) is 0 Å². The Morgan fingerprint density at radius 3 is 2.68 bits per heavy atom. The van der Waals surface area contributed by atoms with Crippen LogP contribution in [-0.4, -0.2) is 23.5 Å². The van der Waals surface area contributed by atoms with Gasteiger partial charge >= 0.3 is 0 Å². The first-order valence-corrected chi connectivity index (χ1v) is 8.05. The molecule has 0 bridgehead atoms. The Bertz CT molecular complexity index is 419. The summed E-state index contributed by atoms with van der Waals surface area (Å²) < 4.78 is 1.13. The Morgan fingerprint density at radius 2 is 2.05 bits per heavy atom. The molecule has 1 aliphatic heterocycles. The smallest absolute Gasteiger partial charge is 0.0499 e. The van der Waals surface area contributed by atoms with E-state index in [0.717, 1.165) is 16.9 Å². The maximum Gasteiger partial charge on any atom is 0.0499 e. The van der Waals surface area contributed by atoms with E-state index in [-0.39, 0.29) is 6.04 Å². The summed E-state index contributed by atoms with van der Waals surface area (Å²) in [6.07, 6.45) is 2.61. The summed E-state index contributed by atoms with van der Waals surface area (Å²) in [5, 5.41) is 0. The first-order valence-electron chi connectivity index (χ1n) is 7.26. The van der Waals surface area contributed by atoms with E-state index in [2.05, 4.69) is 65.9 Å². The molecule has 1 fully saturated rings. The second kappa shape index (κ2) is 6.38. The van der Waals surface area contributed by atoms with Crippen molar-refractivity contribution in [2.75, 3.05) is 6.54 Å². The molecule has 0 spiro atoms. The molecule has 1 heterocycles. The lowest BCUT2D eigenvalue weighted by molar-refractivity contribution is 0.0660. The lowest BCUT2D eigenvalue weighted by Crippen LogP contribution is -2.48. The molecule has 106 valence electrons. The predicted molar refractivity (Wildman–Crippen MR) is 85.1 cm³/mol. The fraction of sp³-hybridized carbons (Fsp3) is 0.625. The van der Waals surface area contributed by atoms with Gasteiger partial charge in [-0.3, -0.25) is 4.90 Å². The quantitative estimate of drug-likeness (QED) is 0.911. The number of rotatable bonds is 3. The maximum absolute atomic E-state index is 6.30. The van der Waals surface area contributed by atoms with Crippen LogP contribution >= 0.6 is 15.9 Å². The van der Waals surface area contributed by atoms with Gasteiger partial charge in [0.2, 0.25) is 0 Å². The first-order chi connectivity index (χ1) is 8.99. The van der Waals surface area contributed by atoms with E-state index in [1.807, 2.05) is 0 Å². The van der Waals surface area contributed by atoms with Gasteiger partial charge in [0.25, 0.3) is 0 Å². The molecule has 0 radical (unpaired) electrons. The van der Waals surface area contributed by atoms with Gasteiger partial charge in [0, 0.05) is 29.1 Å². The lowest BCUT2D eigenvalue weighted by atomic mass is 9.89. The number of hydrogen-bond acceptors (Lipinski definition) is 2. The molecule has 4 unspecified atom stereocenters. The van der Waals surface area contributed by atoms with Gasteiger partial charge in [-0.1, -0.05) is 35.0 Å². The fourth-order valence-corrected chi connectivity index (χ4v) is 3.61. The molecular formula is C16H25BrN2. The molecule has 3 heteroatoms. The molecular weight excluding hydrogens is 300 g/mol. The van der Waals surface area contributed by atoms with Gasteiger partial charge in [-0.15, -0.1) is 0 Å². The van der Waals surface area contributed by atoms with Gasteiger partial charge < -0.3 is 5.73 Å². The highest BCUT2D eigenvalue weighted by atomic mass is 79.9. The van der Waals surface area contributed by atoms with Crippen LogP contribution in [0.4, 0.5) is 0 Å². The van der Waals surface area contributed by atoms with Crippen LogP contribution in [0.3, 0.4) is 0 Å². The van der Waals surface area contributed by atoms with E-state index in [9.17, 15) is 0 Å². The molecule has 1 aromatic carbocycles. The molecule has 2 nitrogen and oxygen atoms in total. The second-order valence-electron chi connectivity index (χ2n) is 6.09. The highest BCUT2D eigenvalue weighted by Crippen LogP contribution is 2.33. The Hall–Kier alpha value is -0.380. The van der Waals surface area contributed by atoms with Crippen molar-refractivity contribution in [3.8, 4) is 0 Å². The largest absolute Gasteiger partial charge is 0.326 e.